The Morgan fingerprint density at radius 1 is 1.15 bits per heavy atom. The standard InChI is InChI=1S/C22H19N3OS/c23-13-15-9-11-16(12-10-15)14-24-21(26)17-5-1-2-6-18(17)22-25-19-7-3-4-8-20(19)27-22/h1-4,7-12,17-18H,5-6,14H2,(H,24,26). The molecule has 1 amide bonds. The first-order chi connectivity index (χ1) is 13.2. The minimum Gasteiger partial charge on any atom is -0.352 e. The SMILES string of the molecule is N#Cc1ccc(CNC(=O)C2CC=CCC2c2nc3ccccc3s2)cc1. The van der Waals surface area contributed by atoms with Gasteiger partial charge in [-0.15, -0.1) is 11.3 Å². The maximum Gasteiger partial charge on any atom is 0.224 e. The summed E-state index contributed by atoms with van der Waals surface area (Å²) >= 11 is 1.69. The van der Waals surface area contributed by atoms with Gasteiger partial charge >= 0.3 is 0 Å². The Labute approximate surface area is 162 Å². The van der Waals surface area contributed by atoms with Gasteiger partial charge in [-0.1, -0.05) is 36.4 Å². The summed E-state index contributed by atoms with van der Waals surface area (Å²) in [4.78, 5) is 17.7. The second-order valence-electron chi connectivity index (χ2n) is 6.70. The summed E-state index contributed by atoms with van der Waals surface area (Å²) in [6, 6.07) is 17.5. The normalized spacial score (nSPS) is 18.9. The fourth-order valence-corrected chi connectivity index (χ4v) is 4.59. The Balaban J connectivity index is 1.48. The minimum absolute atomic E-state index is 0.0629. The molecule has 5 heteroatoms. The fourth-order valence-electron chi connectivity index (χ4n) is 3.44. The number of hydrogen-bond donors (Lipinski definition) is 1. The van der Waals surface area contributed by atoms with Crippen LogP contribution in [0.1, 0.15) is 34.9 Å². The Bertz CT molecular complexity index is 997. The molecule has 3 aromatic rings. The third-order valence-corrected chi connectivity index (χ3v) is 6.11. The molecule has 1 heterocycles. The number of amides is 1. The predicted molar refractivity (Wildman–Crippen MR) is 107 cm³/mol. The molecule has 2 aromatic carbocycles. The monoisotopic (exact) mass is 373 g/mol. The zero-order valence-corrected chi connectivity index (χ0v) is 15.6. The van der Waals surface area contributed by atoms with Gasteiger partial charge in [0, 0.05) is 12.5 Å². The second-order valence-corrected chi connectivity index (χ2v) is 7.76. The first kappa shape index (κ1) is 17.4. The molecule has 0 radical (unpaired) electrons. The van der Waals surface area contributed by atoms with Crippen LogP contribution < -0.4 is 5.32 Å². The van der Waals surface area contributed by atoms with Crippen molar-refractivity contribution < 1.29 is 4.79 Å². The largest absolute Gasteiger partial charge is 0.352 e. The number of hydrogen-bond acceptors (Lipinski definition) is 4. The van der Waals surface area contributed by atoms with E-state index in [1.54, 1.807) is 23.5 Å². The number of para-hydroxylation sites is 1. The number of aromatic nitrogens is 1. The van der Waals surface area contributed by atoms with Crippen molar-refractivity contribution in [2.75, 3.05) is 0 Å². The number of benzene rings is 2. The van der Waals surface area contributed by atoms with Crippen molar-refractivity contribution in [2.24, 2.45) is 5.92 Å². The maximum atomic E-state index is 12.9. The Hall–Kier alpha value is -2.97. The van der Waals surface area contributed by atoms with E-state index >= 15 is 0 Å². The molecule has 4 nitrogen and oxygen atoms in total. The lowest BCUT2D eigenvalue weighted by Crippen LogP contribution is -2.34. The molecule has 0 saturated heterocycles. The molecule has 0 bridgehead atoms. The van der Waals surface area contributed by atoms with Crippen LogP contribution in [0.25, 0.3) is 10.2 Å². The average Bonchev–Trinajstić information content (AvgIpc) is 3.16. The van der Waals surface area contributed by atoms with Crippen molar-refractivity contribution in [1.29, 1.82) is 5.26 Å². The number of rotatable bonds is 4. The first-order valence-electron chi connectivity index (χ1n) is 9.02. The van der Waals surface area contributed by atoms with Gasteiger partial charge in [0.1, 0.15) is 0 Å². The molecular formula is C22H19N3OS. The quantitative estimate of drug-likeness (QED) is 0.683. The summed E-state index contributed by atoms with van der Waals surface area (Å²) in [5.74, 6) is 0.0790. The zero-order valence-electron chi connectivity index (χ0n) is 14.8. The van der Waals surface area contributed by atoms with Crippen molar-refractivity contribution in [2.45, 2.75) is 25.3 Å². The first-order valence-corrected chi connectivity index (χ1v) is 9.83. The van der Waals surface area contributed by atoms with Crippen LogP contribution in [0.3, 0.4) is 0 Å². The van der Waals surface area contributed by atoms with Gasteiger partial charge in [-0.2, -0.15) is 5.26 Å². The van der Waals surface area contributed by atoms with Gasteiger partial charge in [-0.05, 0) is 42.7 Å². The van der Waals surface area contributed by atoms with Gasteiger partial charge in [-0.25, -0.2) is 4.98 Å². The highest BCUT2D eigenvalue weighted by molar-refractivity contribution is 7.18. The lowest BCUT2D eigenvalue weighted by Gasteiger charge is -2.26. The molecule has 27 heavy (non-hydrogen) atoms. The van der Waals surface area contributed by atoms with E-state index in [-0.39, 0.29) is 17.7 Å². The third-order valence-electron chi connectivity index (χ3n) is 4.95. The third kappa shape index (κ3) is 3.76. The number of carbonyl (C=O) groups is 1. The molecule has 0 saturated carbocycles. The van der Waals surface area contributed by atoms with Crippen LogP contribution >= 0.6 is 11.3 Å². The van der Waals surface area contributed by atoms with Crippen molar-refractivity contribution in [3.63, 3.8) is 0 Å². The summed E-state index contributed by atoms with van der Waals surface area (Å²) in [7, 11) is 0. The number of thiazole rings is 1. The van der Waals surface area contributed by atoms with Crippen LogP contribution in [0.15, 0.2) is 60.7 Å². The molecule has 1 aliphatic carbocycles. The van der Waals surface area contributed by atoms with Gasteiger partial charge < -0.3 is 5.32 Å². The van der Waals surface area contributed by atoms with E-state index in [0.717, 1.165) is 28.9 Å². The highest BCUT2D eigenvalue weighted by Crippen LogP contribution is 2.38. The highest BCUT2D eigenvalue weighted by Gasteiger charge is 2.32. The van der Waals surface area contributed by atoms with Gasteiger partial charge in [-0.3, -0.25) is 4.79 Å². The molecule has 1 aromatic heterocycles. The van der Waals surface area contributed by atoms with Crippen LogP contribution in [0.2, 0.25) is 0 Å². The van der Waals surface area contributed by atoms with E-state index in [0.29, 0.717) is 12.1 Å². The summed E-state index contributed by atoms with van der Waals surface area (Å²) in [5.41, 5.74) is 2.62. The number of nitrogens with zero attached hydrogens (tertiary/aromatic N) is 2. The topological polar surface area (TPSA) is 65.8 Å². The molecule has 0 fully saturated rings. The predicted octanol–water partition coefficient (Wildman–Crippen LogP) is 4.53. The zero-order chi connectivity index (χ0) is 18.6. The Kier molecular flexibility index (Phi) is 4.99. The van der Waals surface area contributed by atoms with E-state index in [2.05, 4.69) is 29.6 Å². The average molecular weight is 373 g/mol. The van der Waals surface area contributed by atoms with E-state index in [9.17, 15) is 4.79 Å². The summed E-state index contributed by atoms with van der Waals surface area (Å²) in [6.07, 6.45) is 5.82. The summed E-state index contributed by atoms with van der Waals surface area (Å²) in [6.45, 7) is 0.470. The number of fused-ring (bicyclic) bond motifs is 1. The van der Waals surface area contributed by atoms with Crippen LogP contribution in [0, 0.1) is 17.2 Å². The Morgan fingerprint density at radius 2 is 1.93 bits per heavy atom. The summed E-state index contributed by atoms with van der Waals surface area (Å²) in [5, 5.41) is 13.0. The van der Waals surface area contributed by atoms with Crippen LogP contribution in [-0.4, -0.2) is 10.9 Å². The summed E-state index contributed by atoms with van der Waals surface area (Å²) < 4.78 is 1.17. The van der Waals surface area contributed by atoms with Crippen LogP contribution in [0.4, 0.5) is 0 Å². The number of allylic oxidation sites excluding steroid dienone is 2. The number of nitriles is 1. The van der Waals surface area contributed by atoms with E-state index in [1.807, 2.05) is 30.3 Å². The van der Waals surface area contributed by atoms with Crippen LogP contribution in [0.5, 0.6) is 0 Å². The molecule has 134 valence electrons. The molecule has 2 unspecified atom stereocenters. The van der Waals surface area contributed by atoms with Gasteiger partial charge in [0.2, 0.25) is 5.91 Å². The molecule has 0 spiro atoms. The molecule has 1 aliphatic rings. The lowest BCUT2D eigenvalue weighted by atomic mass is 9.82. The Morgan fingerprint density at radius 3 is 2.70 bits per heavy atom. The van der Waals surface area contributed by atoms with Crippen molar-refractivity contribution in [3.05, 3.63) is 76.8 Å². The highest BCUT2D eigenvalue weighted by atomic mass is 32.1. The maximum absolute atomic E-state index is 12.9. The molecular weight excluding hydrogens is 354 g/mol. The minimum atomic E-state index is -0.103. The van der Waals surface area contributed by atoms with E-state index < -0.39 is 0 Å². The lowest BCUT2D eigenvalue weighted by molar-refractivity contribution is -0.125. The molecule has 0 aliphatic heterocycles. The van der Waals surface area contributed by atoms with Gasteiger partial charge in [0.25, 0.3) is 0 Å². The van der Waals surface area contributed by atoms with Crippen LogP contribution in [-0.2, 0) is 11.3 Å². The fraction of sp³-hybridized carbons (Fsp3) is 0.227. The van der Waals surface area contributed by atoms with E-state index in [1.165, 1.54) is 4.70 Å². The number of nitrogens with one attached hydrogen (secondary N) is 1. The van der Waals surface area contributed by atoms with Gasteiger partial charge in [0.15, 0.2) is 0 Å². The van der Waals surface area contributed by atoms with E-state index in [4.69, 9.17) is 10.2 Å². The number of carbonyl (C=O) groups excluding carboxylic acids is 1. The molecule has 4 rings (SSSR count). The molecule has 2 atom stereocenters. The van der Waals surface area contributed by atoms with Crippen molar-refractivity contribution in [1.82, 2.24) is 10.3 Å². The van der Waals surface area contributed by atoms with Crippen molar-refractivity contribution >= 4 is 27.5 Å². The second kappa shape index (κ2) is 7.73. The molecule has 1 N–H and O–H groups in total. The van der Waals surface area contributed by atoms with Crippen molar-refractivity contribution in [3.8, 4) is 6.07 Å². The van der Waals surface area contributed by atoms with Gasteiger partial charge in [0.05, 0.1) is 32.8 Å². The smallest absolute Gasteiger partial charge is 0.224 e.